The van der Waals surface area contributed by atoms with E-state index >= 15 is 0 Å². The minimum atomic E-state index is 0.0304. The van der Waals surface area contributed by atoms with Gasteiger partial charge in [0.2, 0.25) is 5.91 Å². The van der Waals surface area contributed by atoms with Crippen LogP contribution in [0.15, 0.2) is 23.4 Å². The van der Waals surface area contributed by atoms with Crippen molar-refractivity contribution in [1.29, 1.82) is 0 Å². The third-order valence-electron chi connectivity index (χ3n) is 1.95. The first-order valence-electron chi connectivity index (χ1n) is 4.32. The molecule has 0 aromatic carbocycles. The number of nitrogens with zero attached hydrogens (tertiary/aromatic N) is 1. The normalized spacial score (nSPS) is 16.3. The van der Waals surface area contributed by atoms with Gasteiger partial charge in [0.15, 0.2) is 0 Å². The molecule has 1 aromatic rings. The fraction of sp³-hybridized carbons (Fsp3) is 0.333. The van der Waals surface area contributed by atoms with Crippen LogP contribution in [0.3, 0.4) is 0 Å². The topological polar surface area (TPSA) is 57.2 Å². The molecule has 0 spiro atoms. The first-order chi connectivity index (χ1) is 6.36. The third kappa shape index (κ3) is 2.18. The molecule has 2 N–H and O–H groups in total. The van der Waals surface area contributed by atoms with Crippen LogP contribution in [0.4, 0.5) is 0 Å². The second-order valence-electron chi connectivity index (χ2n) is 3.13. The molecule has 0 bridgehead atoms. The van der Waals surface area contributed by atoms with E-state index in [9.17, 15) is 4.79 Å². The van der Waals surface area contributed by atoms with Crippen LogP contribution in [0, 0.1) is 5.92 Å². The predicted molar refractivity (Wildman–Crippen MR) is 49.3 cm³/mol. The molecule has 0 saturated heterocycles. The van der Waals surface area contributed by atoms with Gasteiger partial charge in [-0.2, -0.15) is 5.10 Å². The van der Waals surface area contributed by atoms with Crippen LogP contribution >= 0.6 is 0 Å². The van der Waals surface area contributed by atoms with Gasteiger partial charge in [-0.05, 0) is 25.0 Å². The minimum Gasteiger partial charge on any atom is -0.360 e. The highest BCUT2D eigenvalue weighted by molar-refractivity contribution is 5.83. The van der Waals surface area contributed by atoms with Gasteiger partial charge >= 0.3 is 0 Å². The Morgan fingerprint density at radius 1 is 1.69 bits per heavy atom. The van der Waals surface area contributed by atoms with Crippen molar-refractivity contribution in [3.8, 4) is 0 Å². The van der Waals surface area contributed by atoms with E-state index in [1.807, 2.05) is 18.3 Å². The van der Waals surface area contributed by atoms with Gasteiger partial charge < -0.3 is 4.98 Å². The van der Waals surface area contributed by atoms with Crippen LogP contribution in [-0.2, 0) is 4.79 Å². The number of carbonyl (C=O) groups is 1. The summed E-state index contributed by atoms with van der Waals surface area (Å²) >= 11 is 0. The van der Waals surface area contributed by atoms with Crippen LogP contribution in [0.2, 0.25) is 0 Å². The molecule has 1 heterocycles. The van der Waals surface area contributed by atoms with E-state index in [1.165, 1.54) is 0 Å². The zero-order chi connectivity index (χ0) is 9.10. The second-order valence-corrected chi connectivity index (χ2v) is 3.13. The maximum absolute atomic E-state index is 11.1. The molecule has 13 heavy (non-hydrogen) atoms. The molecule has 1 aromatic heterocycles. The molecule has 1 aliphatic rings. The Morgan fingerprint density at radius 2 is 2.54 bits per heavy atom. The van der Waals surface area contributed by atoms with Crippen LogP contribution in [0.5, 0.6) is 0 Å². The molecule has 4 heteroatoms. The van der Waals surface area contributed by atoms with Crippen molar-refractivity contribution in [3.05, 3.63) is 24.0 Å². The number of carbonyl (C=O) groups excluding carboxylic acids is 1. The van der Waals surface area contributed by atoms with Gasteiger partial charge in [0.1, 0.15) is 0 Å². The van der Waals surface area contributed by atoms with Crippen LogP contribution in [0.1, 0.15) is 18.5 Å². The Labute approximate surface area is 76.0 Å². The van der Waals surface area contributed by atoms with Gasteiger partial charge in [0.25, 0.3) is 0 Å². The summed E-state index contributed by atoms with van der Waals surface area (Å²) in [7, 11) is 0. The number of aromatic amines is 1. The third-order valence-corrected chi connectivity index (χ3v) is 1.95. The molecule has 2 rings (SSSR count). The second kappa shape index (κ2) is 3.43. The zero-order valence-electron chi connectivity index (χ0n) is 7.16. The van der Waals surface area contributed by atoms with Crippen molar-refractivity contribution >= 4 is 12.1 Å². The summed E-state index contributed by atoms with van der Waals surface area (Å²) in [5.41, 5.74) is 3.38. The molecule has 1 fully saturated rings. The molecule has 68 valence electrons. The molecule has 0 atom stereocenters. The number of amides is 1. The summed E-state index contributed by atoms with van der Waals surface area (Å²) in [6.07, 6.45) is 5.41. The SMILES string of the molecule is O=C(N/N=C/c1ccc[nH]1)C1CC1. The fourth-order valence-electron chi connectivity index (χ4n) is 1.03. The highest BCUT2D eigenvalue weighted by Gasteiger charge is 2.29. The molecular weight excluding hydrogens is 166 g/mol. The highest BCUT2D eigenvalue weighted by Crippen LogP contribution is 2.28. The Hall–Kier alpha value is -1.58. The lowest BCUT2D eigenvalue weighted by molar-refractivity contribution is -0.122. The number of aromatic nitrogens is 1. The monoisotopic (exact) mass is 177 g/mol. The Kier molecular flexibility index (Phi) is 2.12. The van der Waals surface area contributed by atoms with Crippen LogP contribution in [0.25, 0.3) is 0 Å². The molecule has 0 aliphatic heterocycles. The van der Waals surface area contributed by atoms with E-state index in [0.717, 1.165) is 18.5 Å². The van der Waals surface area contributed by atoms with Crippen molar-refractivity contribution in [2.24, 2.45) is 11.0 Å². The standard InChI is InChI=1S/C9H11N3O/c13-9(7-3-4-7)12-11-6-8-2-1-5-10-8/h1-2,5-7,10H,3-4H2,(H,12,13)/b11-6+. The van der Waals surface area contributed by atoms with Crippen molar-refractivity contribution in [3.63, 3.8) is 0 Å². The van der Waals surface area contributed by atoms with Gasteiger partial charge in [-0.3, -0.25) is 4.79 Å². The van der Waals surface area contributed by atoms with E-state index in [-0.39, 0.29) is 11.8 Å². The lowest BCUT2D eigenvalue weighted by Crippen LogP contribution is -2.18. The first-order valence-corrected chi connectivity index (χ1v) is 4.32. The molecule has 1 aliphatic carbocycles. The summed E-state index contributed by atoms with van der Waals surface area (Å²) in [4.78, 5) is 14.1. The summed E-state index contributed by atoms with van der Waals surface area (Å²) in [6.45, 7) is 0. The number of hydrogen-bond acceptors (Lipinski definition) is 2. The van der Waals surface area contributed by atoms with E-state index in [2.05, 4.69) is 15.5 Å². The summed E-state index contributed by atoms with van der Waals surface area (Å²) in [5.74, 6) is 0.239. The quantitative estimate of drug-likeness (QED) is 0.522. The number of hydrazone groups is 1. The largest absolute Gasteiger partial charge is 0.360 e. The van der Waals surface area contributed by atoms with Crippen molar-refractivity contribution in [2.45, 2.75) is 12.8 Å². The molecule has 0 radical (unpaired) electrons. The predicted octanol–water partition coefficient (Wildman–Crippen LogP) is 0.875. The first kappa shape index (κ1) is 8.04. The van der Waals surface area contributed by atoms with Crippen molar-refractivity contribution < 1.29 is 4.79 Å². The van der Waals surface area contributed by atoms with Gasteiger partial charge in [-0.15, -0.1) is 0 Å². The Balaban J connectivity index is 1.81. The molecule has 1 saturated carbocycles. The fourth-order valence-corrected chi connectivity index (χ4v) is 1.03. The van der Waals surface area contributed by atoms with E-state index in [1.54, 1.807) is 6.21 Å². The van der Waals surface area contributed by atoms with Crippen molar-refractivity contribution in [1.82, 2.24) is 10.4 Å². The van der Waals surface area contributed by atoms with Gasteiger partial charge in [0, 0.05) is 12.1 Å². The van der Waals surface area contributed by atoms with Gasteiger partial charge in [-0.1, -0.05) is 0 Å². The lowest BCUT2D eigenvalue weighted by atomic mass is 10.4. The number of rotatable bonds is 3. The Morgan fingerprint density at radius 3 is 3.15 bits per heavy atom. The molecular formula is C9H11N3O. The maximum atomic E-state index is 11.1. The van der Waals surface area contributed by atoms with Crippen molar-refractivity contribution in [2.75, 3.05) is 0 Å². The number of nitrogens with one attached hydrogen (secondary N) is 2. The average Bonchev–Trinajstić information content (AvgIpc) is 2.86. The zero-order valence-corrected chi connectivity index (χ0v) is 7.16. The molecule has 4 nitrogen and oxygen atoms in total. The van der Waals surface area contributed by atoms with Crippen LogP contribution < -0.4 is 5.43 Å². The smallest absolute Gasteiger partial charge is 0.243 e. The van der Waals surface area contributed by atoms with E-state index in [4.69, 9.17) is 0 Å². The Bertz CT molecular complexity index is 312. The summed E-state index contributed by atoms with van der Waals surface area (Å²) in [5, 5.41) is 3.82. The average molecular weight is 177 g/mol. The number of H-pyrrole nitrogens is 1. The highest BCUT2D eigenvalue weighted by atomic mass is 16.2. The summed E-state index contributed by atoms with van der Waals surface area (Å²) in [6, 6.07) is 3.76. The maximum Gasteiger partial charge on any atom is 0.243 e. The van der Waals surface area contributed by atoms with Gasteiger partial charge in [0.05, 0.1) is 11.9 Å². The molecule has 0 unspecified atom stereocenters. The summed E-state index contributed by atoms with van der Waals surface area (Å²) < 4.78 is 0. The van der Waals surface area contributed by atoms with Gasteiger partial charge in [-0.25, -0.2) is 5.43 Å². The van der Waals surface area contributed by atoms with E-state index < -0.39 is 0 Å². The molecule has 1 amide bonds. The van der Waals surface area contributed by atoms with Crippen LogP contribution in [-0.4, -0.2) is 17.1 Å². The number of hydrogen-bond donors (Lipinski definition) is 2. The minimum absolute atomic E-state index is 0.0304. The van der Waals surface area contributed by atoms with E-state index in [0.29, 0.717) is 0 Å². The lowest BCUT2D eigenvalue weighted by Gasteiger charge is -1.93.